The van der Waals surface area contributed by atoms with Crippen molar-refractivity contribution in [3.63, 3.8) is 0 Å². The van der Waals surface area contributed by atoms with Crippen LogP contribution in [0.2, 0.25) is 5.28 Å². The Kier molecular flexibility index (Phi) is 2.85. The van der Waals surface area contributed by atoms with Crippen molar-refractivity contribution in [3.8, 4) is 0 Å². The summed E-state index contributed by atoms with van der Waals surface area (Å²) in [5.74, 6) is -0.138. The van der Waals surface area contributed by atoms with Gasteiger partial charge in [0.25, 0.3) is 0 Å². The number of nitrogens with two attached hydrogens (primary N) is 1. The van der Waals surface area contributed by atoms with E-state index in [1.807, 2.05) is 0 Å². The lowest BCUT2D eigenvalue weighted by Gasteiger charge is -2.22. The summed E-state index contributed by atoms with van der Waals surface area (Å²) in [6.07, 6.45) is 1.36. The lowest BCUT2D eigenvalue weighted by atomic mass is 10.1. The van der Waals surface area contributed by atoms with Crippen molar-refractivity contribution in [2.24, 2.45) is 5.73 Å². The van der Waals surface area contributed by atoms with Gasteiger partial charge in [0.05, 0.1) is 6.20 Å². The number of halogens is 1. The highest BCUT2D eigenvalue weighted by atomic mass is 35.5. The molecule has 0 bridgehead atoms. The van der Waals surface area contributed by atoms with Gasteiger partial charge in [-0.25, -0.2) is 0 Å². The zero-order valence-corrected chi connectivity index (χ0v) is 8.54. The number of hydrogen-bond donors (Lipinski definition) is 2. The van der Waals surface area contributed by atoms with Gasteiger partial charge in [0.15, 0.2) is 5.82 Å². The van der Waals surface area contributed by atoms with E-state index in [1.165, 1.54) is 6.20 Å². The first-order valence-corrected chi connectivity index (χ1v) is 4.23. The number of carbonyl (C=O) groups excluding carboxylic acids is 1. The molecule has 0 aliphatic heterocycles. The zero-order chi connectivity index (χ0) is 10.8. The molecule has 0 atom stereocenters. The molecule has 0 saturated carbocycles. The Morgan fingerprint density at radius 3 is 2.79 bits per heavy atom. The van der Waals surface area contributed by atoms with Gasteiger partial charge in [-0.15, -0.1) is 5.10 Å². The van der Waals surface area contributed by atoms with Crippen molar-refractivity contribution in [2.45, 2.75) is 19.4 Å². The first kappa shape index (κ1) is 10.6. The fourth-order valence-corrected chi connectivity index (χ4v) is 0.859. The molecule has 1 rings (SSSR count). The molecule has 1 heterocycles. The van der Waals surface area contributed by atoms with E-state index >= 15 is 0 Å². The number of primary amides is 1. The maximum atomic E-state index is 11.0. The molecule has 1 aromatic rings. The minimum absolute atomic E-state index is 0.00951. The molecule has 0 unspecified atom stereocenters. The summed E-state index contributed by atoms with van der Waals surface area (Å²) in [5, 5.41) is 9.83. The molecule has 0 saturated heterocycles. The number of carbonyl (C=O) groups is 1. The molecule has 7 heteroatoms. The van der Waals surface area contributed by atoms with Crippen molar-refractivity contribution in [3.05, 3.63) is 11.5 Å². The molecule has 6 nitrogen and oxygen atoms in total. The summed E-state index contributed by atoms with van der Waals surface area (Å²) < 4.78 is 0. The largest absolute Gasteiger partial charge is 0.368 e. The molecule has 0 radical (unpaired) electrons. The number of rotatable bonds is 3. The molecule has 0 fully saturated rings. The summed E-state index contributed by atoms with van der Waals surface area (Å²) in [5.41, 5.74) is 4.25. The second-order valence-electron chi connectivity index (χ2n) is 3.22. The van der Waals surface area contributed by atoms with E-state index in [9.17, 15) is 4.79 Å². The normalized spacial score (nSPS) is 11.1. The Balaban J connectivity index is 2.83. The lowest BCUT2D eigenvalue weighted by molar-refractivity contribution is -0.121. The number of hydrogen-bond acceptors (Lipinski definition) is 5. The number of aromatic nitrogens is 3. The molecule has 3 N–H and O–H groups in total. The van der Waals surface area contributed by atoms with Gasteiger partial charge in [-0.3, -0.25) is 4.79 Å². The number of anilines is 1. The van der Waals surface area contributed by atoms with Crippen molar-refractivity contribution in [1.29, 1.82) is 0 Å². The quantitative estimate of drug-likeness (QED) is 0.751. The first-order valence-electron chi connectivity index (χ1n) is 3.85. The Hall–Kier alpha value is -1.43. The monoisotopic (exact) mass is 215 g/mol. The highest BCUT2D eigenvalue weighted by Gasteiger charge is 2.24. The smallest absolute Gasteiger partial charge is 0.244 e. The van der Waals surface area contributed by atoms with Crippen LogP contribution in [0.5, 0.6) is 0 Å². The van der Waals surface area contributed by atoms with E-state index in [2.05, 4.69) is 20.5 Å². The minimum Gasteiger partial charge on any atom is -0.368 e. The second-order valence-corrected chi connectivity index (χ2v) is 3.56. The SMILES string of the molecule is CC(C)(Nc1cnnc(Cl)n1)C(N)=O. The van der Waals surface area contributed by atoms with Crippen molar-refractivity contribution in [2.75, 3.05) is 5.32 Å². The number of amides is 1. The van der Waals surface area contributed by atoms with Crippen LogP contribution in [-0.2, 0) is 4.79 Å². The predicted molar refractivity (Wildman–Crippen MR) is 51.7 cm³/mol. The number of nitrogens with zero attached hydrogens (tertiary/aromatic N) is 3. The second kappa shape index (κ2) is 3.75. The molecule has 0 aliphatic carbocycles. The van der Waals surface area contributed by atoms with E-state index in [-0.39, 0.29) is 5.28 Å². The standard InChI is InChI=1S/C7H10ClN5O/c1-7(2,5(9)14)12-4-3-10-13-6(8)11-4/h3H,1-2H3,(H2,9,14)(H,11,12,13). The topological polar surface area (TPSA) is 93.8 Å². The number of nitrogens with one attached hydrogen (secondary N) is 1. The third-order valence-corrected chi connectivity index (χ3v) is 1.75. The minimum atomic E-state index is -0.903. The zero-order valence-electron chi connectivity index (χ0n) is 7.78. The summed E-state index contributed by atoms with van der Waals surface area (Å²) in [7, 11) is 0. The van der Waals surface area contributed by atoms with E-state index in [0.717, 1.165) is 0 Å². The van der Waals surface area contributed by atoms with Crippen molar-refractivity contribution in [1.82, 2.24) is 15.2 Å². The highest BCUT2D eigenvalue weighted by Crippen LogP contribution is 2.11. The molecule has 76 valence electrons. The molecule has 0 spiro atoms. The Morgan fingerprint density at radius 2 is 2.29 bits per heavy atom. The molecule has 1 amide bonds. The third kappa shape index (κ3) is 2.53. The molecule has 1 aromatic heterocycles. The van der Waals surface area contributed by atoms with Crippen LogP contribution in [0.15, 0.2) is 6.20 Å². The fraction of sp³-hybridized carbons (Fsp3) is 0.429. The molecule has 14 heavy (non-hydrogen) atoms. The van der Waals surface area contributed by atoms with Gasteiger partial charge in [0, 0.05) is 0 Å². The van der Waals surface area contributed by atoms with Crippen molar-refractivity contribution >= 4 is 23.3 Å². The van der Waals surface area contributed by atoms with E-state index in [1.54, 1.807) is 13.8 Å². The van der Waals surface area contributed by atoms with Crippen LogP contribution in [0.4, 0.5) is 5.82 Å². The third-order valence-electron chi connectivity index (χ3n) is 1.59. The van der Waals surface area contributed by atoms with Gasteiger partial charge in [0.2, 0.25) is 11.2 Å². The Morgan fingerprint density at radius 1 is 1.64 bits per heavy atom. The van der Waals surface area contributed by atoms with Crippen LogP contribution >= 0.6 is 11.6 Å². The lowest BCUT2D eigenvalue weighted by Crippen LogP contribution is -2.45. The Bertz CT molecular complexity index is 354. The van der Waals surface area contributed by atoms with Gasteiger partial charge in [0.1, 0.15) is 5.54 Å². The van der Waals surface area contributed by atoms with Crippen molar-refractivity contribution < 1.29 is 4.79 Å². The predicted octanol–water partition coefficient (Wildman–Crippen LogP) is 0.201. The van der Waals surface area contributed by atoms with Crippen LogP contribution < -0.4 is 11.1 Å². The van der Waals surface area contributed by atoms with Gasteiger partial charge >= 0.3 is 0 Å². The van der Waals surface area contributed by atoms with Crippen LogP contribution in [0.1, 0.15) is 13.8 Å². The average Bonchev–Trinajstić information content (AvgIpc) is 2.02. The summed E-state index contributed by atoms with van der Waals surface area (Å²) in [4.78, 5) is 14.8. The van der Waals surface area contributed by atoms with Gasteiger partial charge < -0.3 is 11.1 Å². The van der Waals surface area contributed by atoms with Crippen LogP contribution in [-0.4, -0.2) is 26.6 Å². The first-order chi connectivity index (χ1) is 6.42. The van der Waals surface area contributed by atoms with E-state index in [4.69, 9.17) is 17.3 Å². The van der Waals surface area contributed by atoms with Gasteiger partial charge in [-0.1, -0.05) is 0 Å². The maximum Gasteiger partial charge on any atom is 0.244 e. The highest BCUT2D eigenvalue weighted by molar-refractivity contribution is 6.28. The molecular formula is C7H10ClN5O. The molecule has 0 aliphatic rings. The summed E-state index contributed by atoms with van der Waals surface area (Å²) in [6.45, 7) is 3.26. The van der Waals surface area contributed by atoms with E-state index in [0.29, 0.717) is 5.82 Å². The Labute approximate surface area is 85.9 Å². The summed E-state index contributed by atoms with van der Waals surface area (Å²) >= 11 is 5.51. The molecular weight excluding hydrogens is 206 g/mol. The van der Waals surface area contributed by atoms with Crippen LogP contribution in [0.3, 0.4) is 0 Å². The average molecular weight is 216 g/mol. The summed E-state index contributed by atoms with van der Waals surface area (Å²) in [6, 6.07) is 0. The van der Waals surface area contributed by atoms with Crippen LogP contribution in [0, 0.1) is 0 Å². The molecule has 0 aromatic carbocycles. The van der Waals surface area contributed by atoms with Crippen LogP contribution in [0.25, 0.3) is 0 Å². The fourth-order valence-electron chi connectivity index (χ4n) is 0.724. The van der Waals surface area contributed by atoms with Gasteiger partial charge in [-0.2, -0.15) is 10.1 Å². The van der Waals surface area contributed by atoms with E-state index < -0.39 is 11.4 Å². The maximum absolute atomic E-state index is 11.0. The van der Waals surface area contributed by atoms with Gasteiger partial charge in [-0.05, 0) is 25.4 Å².